The molecule has 10 heteroatoms. The number of benzene rings is 1. The second-order valence-corrected chi connectivity index (χ2v) is 7.93. The summed E-state index contributed by atoms with van der Waals surface area (Å²) in [4.78, 5) is 31.5. The van der Waals surface area contributed by atoms with Crippen molar-refractivity contribution in [2.45, 2.75) is 32.5 Å². The summed E-state index contributed by atoms with van der Waals surface area (Å²) in [5.41, 5.74) is 2.62. The van der Waals surface area contributed by atoms with E-state index in [0.717, 1.165) is 17.5 Å². The van der Waals surface area contributed by atoms with Gasteiger partial charge in [0.2, 0.25) is 11.8 Å². The molecule has 1 aliphatic rings. The third kappa shape index (κ3) is 3.19. The highest BCUT2D eigenvalue weighted by molar-refractivity contribution is 5.69. The lowest BCUT2D eigenvalue weighted by Gasteiger charge is -2.35. The average molecular weight is 421 g/mol. The van der Waals surface area contributed by atoms with Gasteiger partial charge in [-0.2, -0.15) is 0 Å². The lowest BCUT2D eigenvalue weighted by molar-refractivity contribution is 0.140. The van der Waals surface area contributed by atoms with Crippen LogP contribution in [-0.2, 0) is 33.6 Å². The fourth-order valence-electron chi connectivity index (χ4n) is 4.30. The van der Waals surface area contributed by atoms with Crippen molar-refractivity contribution in [2.75, 3.05) is 6.54 Å². The molecule has 0 amide bonds. The maximum absolute atomic E-state index is 12.7. The molecule has 3 aromatic heterocycles. The number of aryl methyl sites for hydroxylation is 2. The van der Waals surface area contributed by atoms with Gasteiger partial charge in [-0.3, -0.25) is 18.8 Å². The van der Waals surface area contributed by atoms with E-state index < -0.39 is 0 Å². The standard InChI is InChI=1S/C21H23N7O3/c1-13-23-24-19(31-13)16-10-14-6-4-5-7-15(14)11-27(16)8-9-28-12-22-18-17(28)20(29)26(3)21(30)25(18)2/h4-7,12,16H,8-11H2,1-3H3. The van der Waals surface area contributed by atoms with E-state index in [2.05, 4.69) is 32.2 Å². The smallest absolute Gasteiger partial charge is 0.332 e. The Morgan fingerprint density at radius 2 is 1.84 bits per heavy atom. The Morgan fingerprint density at radius 3 is 2.58 bits per heavy atom. The van der Waals surface area contributed by atoms with Gasteiger partial charge < -0.3 is 8.98 Å². The predicted octanol–water partition coefficient (Wildman–Crippen LogP) is 0.925. The summed E-state index contributed by atoms with van der Waals surface area (Å²) in [6.07, 6.45) is 2.40. The molecule has 5 rings (SSSR count). The van der Waals surface area contributed by atoms with Crippen LogP contribution in [0.25, 0.3) is 11.2 Å². The van der Waals surface area contributed by atoms with Gasteiger partial charge in [0.1, 0.15) is 0 Å². The van der Waals surface area contributed by atoms with E-state index >= 15 is 0 Å². The highest BCUT2D eigenvalue weighted by atomic mass is 16.4. The molecule has 10 nitrogen and oxygen atoms in total. The van der Waals surface area contributed by atoms with E-state index in [1.807, 2.05) is 16.7 Å². The summed E-state index contributed by atoms with van der Waals surface area (Å²) >= 11 is 0. The lowest BCUT2D eigenvalue weighted by Crippen LogP contribution is -2.38. The Morgan fingerprint density at radius 1 is 1.06 bits per heavy atom. The van der Waals surface area contributed by atoms with Gasteiger partial charge in [0.25, 0.3) is 5.56 Å². The molecule has 1 aromatic carbocycles. The SMILES string of the molecule is Cc1nnc(C2Cc3ccccc3CN2CCn2cnc3c2c(=O)n(C)c(=O)n3C)o1. The van der Waals surface area contributed by atoms with E-state index in [1.54, 1.807) is 20.3 Å². The Balaban J connectivity index is 1.48. The normalized spacial score (nSPS) is 16.7. The van der Waals surface area contributed by atoms with Crippen molar-refractivity contribution in [1.82, 2.24) is 33.8 Å². The van der Waals surface area contributed by atoms with Crippen LogP contribution in [0.2, 0.25) is 0 Å². The number of hydrogen-bond acceptors (Lipinski definition) is 7. The van der Waals surface area contributed by atoms with E-state index in [0.29, 0.717) is 36.0 Å². The van der Waals surface area contributed by atoms with E-state index in [9.17, 15) is 9.59 Å². The van der Waals surface area contributed by atoms with Crippen molar-refractivity contribution < 1.29 is 4.42 Å². The maximum Gasteiger partial charge on any atom is 0.332 e. The molecule has 0 fully saturated rings. The zero-order valence-electron chi connectivity index (χ0n) is 17.6. The fourth-order valence-corrected chi connectivity index (χ4v) is 4.30. The molecular weight excluding hydrogens is 398 g/mol. The molecule has 1 atom stereocenters. The number of rotatable bonds is 4. The monoisotopic (exact) mass is 421 g/mol. The molecule has 1 aliphatic heterocycles. The lowest BCUT2D eigenvalue weighted by atomic mass is 9.94. The molecule has 0 N–H and O–H groups in total. The summed E-state index contributed by atoms with van der Waals surface area (Å²) in [5.74, 6) is 1.14. The predicted molar refractivity (Wildman–Crippen MR) is 113 cm³/mol. The summed E-state index contributed by atoms with van der Waals surface area (Å²) in [5, 5.41) is 8.27. The minimum absolute atomic E-state index is 0.0434. The van der Waals surface area contributed by atoms with Crippen LogP contribution in [0.1, 0.15) is 29.0 Å². The van der Waals surface area contributed by atoms with Crippen LogP contribution in [0.15, 0.2) is 44.6 Å². The maximum atomic E-state index is 12.7. The van der Waals surface area contributed by atoms with Gasteiger partial charge in [0.15, 0.2) is 11.2 Å². The molecule has 4 aromatic rings. The van der Waals surface area contributed by atoms with Crippen LogP contribution >= 0.6 is 0 Å². The van der Waals surface area contributed by atoms with Gasteiger partial charge in [-0.05, 0) is 17.5 Å². The molecule has 0 spiro atoms. The summed E-state index contributed by atoms with van der Waals surface area (Å²) in [6.45, 7) is 3.72. The van der Waals surface area contributed by atoms with E-state index in [1.165, 1.54) is 22.7 Å². The topological polar surface area (TPSA) is 104 Å². The minimum Gasteiger partial charge on any atom is -0.424 e. The number of fused-ring (bicyclic) bond motifs is 2. The van der Waals surface area contributed by atoms with Gasteiger partial charge in [0, 0.05) is 40.7 Å². The number of aromatic nitrogens is 6. The molecule has 4 heterocycles. The van der Waals surface area contributed by atoms with Crippen molar-refractivity contribution in [3.05, 3.63) is 74.3 Å². The van der Waals surface area contributed by atoms with Crippen molar-refractivity contribution in [3.63, 3.8) is 0 Å². The van der Waals surface area contributed by atoms with Gasteiger partial charge in [-0.25, -0.2) is 9.78 Å². The molecule has 0 saturated heterocycles. The fraction of sp³-hybridized carbons (Fsp3) is 0.381. The molecule has 0 saturated carbocycles. The summed E-state index contributed by atoms with van der Waals surface area (Å²) in [6, 6.07) is 8.31. The highest BCUT2D eigenvalue weighted by Crippen LogP contribution is 2.32. The average Bonchev–Trinajstić information content (AvgIpc) is 3.40. The number of hydrogen-bond donors (Lipinski definition) is 0. The van der Waals surface area contributed by atoms with E-state index in [4.69, 9.17) is 4.42 Å². The van der Waals surface area contributed by atoms with Gasteiger partial charge in [-0.15, -0.1) is 10.2 Å². The van der Waals surface area contributed by atoms with Crippen molar-refractivity contribution in [1.29, 1.82) is 0 Å². The van der Waals surface area contributed by atoms with Crippen LogP contribution in [0.4, 0.5) is 0 Å². The summed E-state index contributed by atoms with van der Waals surface area (Å²) < 4.78 is 10.1. The van der Waals surface area contributed by atoms with Crippen LogP contribution < -0.4 is 11.2 Å². The van der Waals surface area contributed by atoms with Crippen molar-refractivity contribution in [3.8, 4) is 0 Å². The Kier molecular flexibility index (Phi) is 4.58. The van der Waals surface area contributed by atoms with Crippen molar-refractivity contribution in [2.24, 2.45) is 14.1 Å². The number of nitrogens with zero attached hydrogens (tertiary/aromatic N) is 7. The molecule has 0 radical (unpaired) electrons. The Bertz CT molecular complexity index is 1390. The first-order chi connectivity index (χ1) is 14.9. The largest absolute Gasteiger partial charge is 0.424 e. The minimum atomic E-state index is -0.387. The van der Waals surface area contributed by atoms with Crippen LogP contribution in [0.5, 0.6) is 0 Å². The number of imidazole rings is 1. The first-order valence-corrected chi connectivity index (χ1v) is 10.2. The molecular formula is C21H23N7O3. The van der Waals surface area contributed by atoms with Gasteiger partial charge in [0.05, 0.1) is 12.4 Å². The Labute approximate surface area is 177 Å². The summed E-state index contributed by atoms with van der Waals surface area (Å²) in [7, 11) is 3.11. The van der Waals surface area contributed by atoms with Gasteiger partial charge >= 0.3 is 5.69 Å². The molecule has 31 heavy (non-hydrogen) atoms. The van der Waals surface area contributed by atoms with E-state index in [-0.39, 0.29) is 17.3 Å². The van der Waals surface area contributed by atoms with Crippen LogP contribution in [0, 0.1) is 6.92 Å². The zero-order valence-corrected chi connectivity index (χ0v) is 17.6. The quantitative estimate of drug-likeness (QED) is 0.483. The van der Waals surface area contributed by atoms with Gasteiger partial charge in [-0.1, -0.05) is 24.3 Å². The van der Waals surface area contributed by atoms with Crippen molar-refractivity contribution >= 4 is 11.2 Å². The molecule has 0 bridgehead atoms. The Hall–Kier alpha value is -3.53. The van der Waals surface area contributed by atoms with Crippen LogP contribution in [0.3, 0.4) is 0 Å². The third-order valence-electron chi connectivity index (χ3n) is 6.02. The second-order valence-electron chi connectivity index (χ2n) is 7.93. The highest BCUT2D eigenvalue weighted by Gasteiger charge is 2.31. The van der Waals surface area contributed by atoms with Crippen LogP contribution in [-0.4, -0.2) is 40.3 Å². The first kappa shape index (κ1) is 19.4. The first-order valence-electron chi connectivity index (χ1n) is 10.2. The molecule has 0 aliphatic carbocycles. The third-order valence-corrected chi connectivity index (χ3v) is 6.02. The zero-order chi connectivity index (χ0) is 21.7. The molecule has 160 valence electrons. The second kappa shape index (κ2) is 7.31. The molecule has 1 unspecified atom stereocenters.